The number of carbonyl (C=O) groups excluding carboxylic acids is 2. The molecule has 1 amide bonds. The molecule has 0 unspecified atom stereocenters. The first-order valence-electron chi connectivity index (χ1n) is 13.1. The highest BCUT2D eigenvalue weighted by Gasteiger charge is 2.27. The number of benzene rings is 1. The molecule has 0 saturated carbocycles. The van der Waals surface area contributed by atoms with Crippen LogP contribution in [0.2, 0.25) is 0 Å². The van der Waals surface area contributed by atoms with E-state index in [2.05, 4.69) is 42.7 Å². The van der Waals surface area contributed by atoms with Crippen LogP contribution in [0, 0.1) is 17.3 Å². The SMILES string of the molecule is CC(C)(C)CC1CCN(CC2CCN(Cc3ccc(N4CCC(=O)CC4=O)cc3)CC2)CC1. The Morgan fingerprint density at radius 2 is 1.42 bits per heavy atom. The molecule has 0 atom stereocenters. The maximum absolute atomic E-state index is 12.1. The van der Waals surface area contributed by atoms with Gasteiger partial charge in [0.2, 0.25) is 5.91 Å². The van der Waals surface area contributed by atoms with Gasteiger partial charge >= 0.3 is 0 Å². The summed E-state index contributed by atoms with van der Waals surface area (Å²) in [4.78, 5) is 30.7. The van der Waals surface area contributed by atoms with Crippen molar-refractivity contribution in [2.45, 2.75) is 72.3 Å². The number of rotatable bonds is 6. The van der Waals surface area contributed by atoms with Crippen molar-refractivity contribution in [3.63, 3.8) is 0 Å². The van der Waals surface area contributed by atoms with Crippen LogP contribution in [0.5, 0.6) is 0 Å². The Hall–Kier alpha value is -1.72. The molecule has 5 heteroatoms. The largest absolute Gasteiger partial charge is 0.312 e. The summed E-state index contributed by atoms with van der Waals surface area (Å²) in [6, 6.07) is 8.37. The molecule has 3 aliphatic rings. The van der Waals surface area contributed by atoms with Gasteiger partial charge in [-0.1, -0.05) is 32.9 Å². The van der Waals surface area contributed by atoms with Crippen molar-refractivity contribution in [3.8, 4) is 0 Å². The lowest BCUT2D eigenvalue weighted by Crippen LogP contribution is -2.41. The van der Waals surface area contributed by atoms with E-state index >= 15 is 0 Å². The first-order chi connectivity index (χ1) is 15.7. The summed E-state index contributed by atoms with van der Waals surface area (Å²) >= 11 is 0. The number of carbonyl (C=O) groups is 2. The van der Waals surface area contributed by atoms with Gasteiger partial charge < -0.3 is 9.80 Å². The van der Waals surface area contributed by atoms with Crippen molar-refractivity contribution in [1.82, 2.24) is 9.80 Å². The van der Waals surface area contributed by atoms with E-state index in [4.69, 9.17) is 0 Å². The van der Waals surface area contributed by atoms with Gasteiger partial charge in [0.05, 0.1) is 6.42 Å². The Bertz CT molecular complexity index is 797. The van der Waals surface area contributed by atoms with E-state index < -0.39 is 0 Å². The zero-order valence-electron chi connectivity index (χ0n) is 21.0. The zero-order chi connectivity index (χ0) is 23.4. The molecule has 1 aromatic rings. The second-order valence-corrected chi connectivity index (χ2v) is 11.9. The van der Waals surface area contributed by atoms with E-state index in [1.165, 1.54) is 70.4 Å². The minimum absolute atomic E-state index is 0.0472. The lowest BCUT2D eigenvalue weighted by molar-refractivity contribution is -0.128. The molecule has 0 N–H and O–H groups in total. The van der Waals surface area contributed by atoms with Gasteiger partial charge in [-0.2, -0.15) is 0 Å². The molecule has 3 heterocycles. The predicted octanol–water partition coefficient (Wildman–Crippen LogP) is 4.74. The fourth-order valence-electron chi connectivity index (χ4n) is 5.96. The monoisotopic (exact) mass is 453 g/mol. The molecule has 33 heavy (non-hydrogen) atoms. The van der Waals surface area contributed by atoms with Crippen LogP contribution in [0.4, 0.5) is 5.69 Å². The van der Waals surface area contributed by atoms with Gasteiger partial charge in [-0.3, -0.25) is 14.5 Å². The number of nitrogens with zero attached hydrogens (tertiary/aromatic N) is 3. The van der Waals surface area contributed by atoms with Crippen molar-refractivity contribution in [2.24, 2.45) is 17.3 Å². The molecular formula is C28H43N3O2. The van der Waals surface area contributed by atoms with Gasteiger partial charge in [0.25, 0.3) is 0 Å². The van der Waals surface area contributed by atoms with Crippen molar-refractivity contribution >= 4 is 17.4 Å². The number of ketones is 1. The molecule has 4 rings (SSSR count). The third-order valence-corrected chi connectivity index (χ3v) is 7.75. The average Bonchev–Trinajstić information content (AvgIpc) is 2.76. The first-order valence-corrected chi connectivity index (χ1v) is 13.1. The van der Waals surface area contributed by atoms with Gasteiger partial charge in [0.15, 0.2) is 0 Å². The fourth-order valence-corrected chi connectivity index (χ4v) is 5.96. The number of anilines is 1. The molecule has 5 nitrogen and oxygen atoms in total. The van der Waals surface area contributed by atoms with Crippen LogP contribution in [0.3, 0.4) is 0 Å². The summed E-state index contributed by atoms with van der Waals surface area (Å²) in [5, 5.41) is 0. The summed E-state index contributed by atoms with van der Waals surface area (Å²) in [5.41, 5.74) is 2.69. The summed E-state index contributed by atoms with van der Waals surface area (Å²) in [6.07, 6.45) is 7.25. The normalized spacial score (nSPS) is 22.8. The van der Waals surface area contributed by atoms with E-state index in [9.17, 15) is 9.59 Å². The lowest BCUT2D eigenvalue weighted by Gasteiger charge is -2.39. The molecule has 3 fully saturated rings. The van der Waals surface area contributed by atoms with Crippen LogP contribution in [-0.2, 0) is 16.1 Å². The van der Waals surface area contributed by atoms with Gasteiger partial charge in [0, 0.05) is 31.7 Å². The number of Topliss-reactive ketones (excluding diaryl/α,β-unsaturated/α-hetero) is 1. The molecular weight excluding hydrogens is 410 g/mol. The smallest absolute Gasteiger partial charge is 0.234 e. The molecule has 0 spiro atoms. The Morgan fingerprint density at radius 1 is 0.818 bits per heavy atom. The highest BCUT2D eigenvalue weighted by molar-refractivity contribution is 6.08. The number of piperidine rings is 3. The van der Waals surface area contributed by atoms with Gasteiger partial charge in [0.1, 0.15) is 5.78 Å². The van der Waals surface area contributed by atoms with E-state index in [1.807, 2.05) is 12.1 Å². The summed E-state index contributed by atoms with van der Waals surface area (Å²) < 4.78 is 0. The van der Waals surface area contributed by atoms with Crippen molar-refractivity contribution in [3.05, 3.63) is 29.8 Å². The average molecular weight is 454 g/mol. The van der Waals surface area contributed by atoms with Crippen molar-refractivity contribution in [1.29, 1.82) is 0 Å². The molecule has 0 bridgehead atoms. The minimum Gasteiger partial charge on any atom is -0.312 e. The Labute approximate surface area is 200 Å². The van der Waals surface area contributed by atoms with Crippen LogP contribution in [0.15, 0.2) is 24.3 Å². The van der Waals surface area contributed by atoms with Crippen LogP contribution < -0.4 is 4.90 Å². The number of hydrogen-bond acceptors (Lipinski definition) is 4. The van der Waals surface area contributed by atoms with Gasteiger partial charge in [-0.25, -0.2) is 0 Å². The Balaban J connectivity index is 1.17. The molecule has 1 aromatic carbocycles. The highest BCUT2D eigenvalue weighted by Crippen LogP contribution is 2.31. The zero-order valence-corrected chi connectivity index (χ0v) is 21.0. The second-order valence-electron chi connectivity index (χ2n) is 11.9. The minimum atomic E-state index is -0.0699. The maximum atomic E-state index is 12.1. The third kappa shape index (κ3) is 7.13. The van der Waals surface area contributed by atoms with Crippen molar-refractivity contribution in [2.75, 3.05) is 44.2 Å². The molecule has 3 aliphatic heterocycles. The Morgan fingerprint density at radius 3 is 2.03 bits per heavy atom. The standard InChI is InChI=1S/C28H43N3O2/c1-28(2,3)19-22-8-13-29(14-9-22)21-24-10-15-30(16-11-24)20-23-4-6-25(7-5-23)31-17-12-26(32)18-27(31)33/h4-7,22,24H,8-21H2,1-3H3. The lowest BCUT2D eigenvalue weighted by atomic mass is 9.80. The van der Waals surface area contributed by atoms with Crippen LogP contribution in [0.1, 0.15) is 71.3 Å². The quantitative estimate of drug-likeness (QED) is 0.584. The topological polar surface area (TPSA) is 43.9 Å². The van der Waals surface area contributed by atoms with Gasteiger partial charge in [-0.15, -0.1) is 0 Å². The van der Waals surface area contributed by atoms with Gasteiger partial charge in [-0.05, 0) is 93.2 Å². The van der Waals surface area contributed by atoms with Crippen LogP contribution >= 0.6 is 0 Å². The first kappa shape index (κ1) is 24.4. The third-order valence-electron chi connectivity index (χ3n) is 7.75. The van der Waals surface area contributed by atoms with E-state index in [0.29, 0.717) is 18.4 Å². The van der Waals surface area contributed by atoms with E-state index in [-0.39, 0.29) is 18.1 Å². The summed E-state index contributed by atoms with van der Waals surface area (Å²) in [5.74, 6) is 1.75. The predicted molar refractivity (Wildman–Crippen MR) is 134 cm³/mol. The van der Waals surface area contributed by atoms with Crippen molar-refractivity contribution < 1.29 is 9.59 Å². The van der Waals surface area contributed by atoms with Crippen LogP contribution in [-0.4, -0.2) is 60.8 Å². The Kier molecular flexibility index (Phi) is 7.91. The fraction of sp³-hybridized carbons (Fsp3) is 0.714. The summed E-state index contributed by atoms with van der Waals surface area (Å²) in [7, 11) is 0. The molecule has 3 saturated heterocycles. The maximum Gasteiger partial charge on any atom is 0.234 e. The molecule has 182 valence electrons. The second kappa shape index (κ2) is 10.7. The molecule has 0 aliphatic carbocycles. The molecule has 0 aromatic heterocycles. The highest BCUT2D eigenvalue weighted by atomic mass is 16.2. The number of likely N-dealkylation sites (tertiary alicyclic amines) is 2. The van der Waals surface area contributed by atoms with Crippen LogP contribution in [0.25, 0.3) is 0 Å². The number of amides is 1. The molecule has 0 radical (unpaired) electrons. The summed E-state index contributed by atoms with van der Waals surface area (Å²) in [6.45, 7) is 14.9. The number of hydrogen-bond donors (Lipinski definition) is 0. The van der Waals surface area contributed by atoms with E-state index in [1.54, 1.807) is 4.90 Å². The van der Waals surface area contributed by atoms with E-state index in [0.717, 1.165) is 24.1 Å².